The lowest BCUT2D eigenvalue weighted by atomic mass is 9.76. The van der Waals surface area contributed by atoms with Crippen LogP contribution in [0, 0.1) is 0 Å². The van der Waals surface area contributed by atoms with Gasteiger partial charge in [0, 0.05) is 0 Å². The summed E-state index contributed by atoms with van der Waals surface area (Å²) in [5.74, 6) is 1.36. The van der Waals surface area contributed by atoms with Crippen LogP contribution in [0.3, 0.4) is 0 Å². The first-order valence-electron chi connectivity index (χ1n) is 9.24. The summed E-state index contributed by atoms with van der Waals surface area (Å²) in [5.41, 5.74) is 1.88. The first-order chi connectivity index (χ1) is 12.7. The van der Waals surface area contributed by atoms with Crippen LogP contribution >= 0.6 is 0 Å². The Hall–Kier alpha value is -2.49. The number of rotatable bonds is 6. The molecule has 0 bridgehead atoms. The Bertz CT molecular complexity index is 736. The number of ether oxygens (including phenoxy) is 2. The standard InChI is InChI=1S/C22H27NO3/c1-25-19-12-11-17(15-20(19)26-2)16-21(24)23-22(13-7-4-8-14-22)18-9-5-3-6-10-18/h3,5-6,9-12,15H,4,7-8,13-14,16H2,1-2H3,(H,23,24). The molecule has 0 saturated heterocycles. The first-order valence-corrected chi connectivity index (χ1v) is 9.24. The summed E-state index contributed by atoms with van der Waals surface area (Å²) >= 11 is 0. The fourth-order valence-electron chi connectivity index (χ4n) is 3.89. The molecule has 0 aliphatic heterocycles. The smallest absolute Gasteiger partial charge is 0.225 e. The highest BCUT2D eigenvalue weighted by Gasteiger charge is 2.35. The number of carbonyl (C=O) groups excluding carboxylic acids is 1. The third kappa shape index (κ3) is 4.01. The minimum atomic E-state index is -0.243. The lowest BCUT2D eigenvalue weighted by Gasteiger charge is -2.39. The van der Waals surface area contributed by atoms with Crippen LogP contribution in [0.15, 0.2) is 48.5 Å². The first kappa shape index (κ1) is 18.3. The van der Waals surface area contributed by atoms with Crippen LogP contribution in [0.4, 0.5) is 0 Å². The van der Waals surface area contributed by atoms with E-state index in [0.717, 1.165) is 31.2 Å². The Morgan fingerprint density at radius 1 is 0.962 bits per heavy atom. The lowest BCUT2D eigenvalue weighted by Crippen LogP contribution is -2.47. The van der Waals surface area contributed by atoms with Gasteiger partial charge in [0.2, 0.25) is 5.91 Å². The molecule has 0 spiro atoms. The second kappa shape index (κ2) is 8.26. The van der Waals surface area contributed by atoms with E-state index in [-0.39, 0.29) is 11.4 Å². The van der Waals surface area contributed by atoms with Gasteiger partial charge < -0.3 is 14.8 Å². The average Bonchev–Trinajstić information content (AvgIpc) is 2.69. The van der Waals surface area contributed by atoms with Gasteiger partial charge in [-0.15, -0.1) is 0 Å². The normalized spacial score (nSPS) is 15.9. The van der Waals surface area contributed by atoms with Crippen molar-refractivity contribution in [3.8, 4) is 11.5 Å². The molecular formula is C22H27NO3. The highest BCUT2D eigenvalue weighted by Crippen LogP contribution is 2.37. The van der Waals surface area contributed by atoms with E-state index in [0.29, 0.717) is 17.9 Å². The summed E-state index contributed by atoms with van der Waals surface area (Å²) in [6.45, 7) is 0. The molecule has 4 heteroatoms. The summed E-state index contributed by atoms with van der Waals surface area (Å²) in [5, 5.41) is 3.35. The molecule has 4 nitrogen and oxygen atoms in total. The van der Waals surface area contributed by atoms with Crippen LogP contribution in [0.2, 0.25) is 0 Å². The molecule has 2 aromatic rings. The summed E-state index contributed by atoms with van der Waals surface area (Å²) in [6.07, 6.45) is 5.84. The van der Waals surface area contributed by atoms with Crippen molar-refractivity contribution in [3.63, 3.8) is 0 Å². The molecule has 0 aromatic heterocycles. The van der Waals surface area contributed by atoms with Crippen LogP contribution in [-0.4, -0.2) is 20.1 Å². The zero-order valence-electron chi connectivity index (χ0n) is 15.6. The highest BCUT2D eigenvalue weighted by atomic mass is 16.5. The molecule has 0 heterocycles. The molecular weight excluding hydrogens is 326 g/mol. The van der Waals surface area contributed by atoms with Crippen LogP contribution in [0.5, 0.6) is 11.5 Å². The molecule has 1 N–H and O–H groups in total. The van der Waals surface area contributed by atoms with Crippen molar-refractivity contribution in [2.45, 2.75) is 44.1 Å². The maximum absolute atomic E-state index is 12.8. The maximum atomic E-state index is 12.8. The second-order valence-corrected chi connectivity index (χ2v) is 6.92. The molecule has 1 aliphatic carbocycles. The minimum Gasteiger partial charge on any atom is -0.493 e. The van der Waals surface area contributed by atoms with Gasteiger partial charge in [0.25, 0.3) is 0 Å². The third-order valence-corrected chi connectivity index (χ3v) is 5.22. The Morgan fingerprint density at radius 2 is 1.65 bits per heavy atom. The van der Waals surface area contributed by atoms with Gasteiger partial charge in [0.1, 0.15) is 0 Å². The predicted molar refractivity (Wildman–Crippen MR) is 103 cm³/mol. The largest absolute Gasteiger partial charge is 0.493 e. The number of methoxy groups -OCH3 is 2. The Morgan fingerprint density at radius 3 is 2.31 bits per heavy atom. The van der Waals surface area contributed by atoms with Crippen molar-refractivity contribution in [2.75, 3.05) is 14.2 Å². The number of nitrogens with one attached hydrogen (secondary N) is 1. The van der Waals surface area contributed by atoms with Gasteiger partial charge in [-0.3, -0.25) is 4.79 Å². The van der Waals surface area contributed by atoms with E-state index in [9.17, 15) is 4.79 Å². The number of carbonyl (C=O) groups is 1. The average molecular weight is 353 g/mol. The van der Waals surface area contributed by atoms with Crippen molar-refractivity contribution in [2.24, 2.45) is 0 Å². The van der Waals surface area contributed by atoms with Gasteiger partial charge in [0.05, 0.1) is 26.2 Å². The Balaban J connectivity index is 1.76. The SMILES string of the molecule is COc1ccc(CC(=O)NC2(c3ccccc3)CCCCC2)cc1OC. The molecule has 1 aliphatic rings. The Labute approximate surface area is 155 Å². The monoisotopic (exact) mass is 353 g/mol. The van der Waals surface area contributed by atoms with Crippen LogP contribution in [-0.2, 0) is 16.8 Å². The highest BCUT2D eigenvalue weighted by molar-refractivity contribution is 5.80. The molecule has 3 rings (SSSR count). The van der Waals surface area contributed by atoms with Gasteiger partial charge in [-0.05, 0) is 36.1 Å². The van der Waals surface area contributed by atoms with Gasteiger partial charge in [0.15, 0.2) is 11.5 Å². The van der Waals surface area contributed by atoms with Crippen molar-refractivity contribution >= 4 is 5.91 Å². The fraction of sp³-hybridized carbons (Fsp3) is 0.409. The maximum Gasteiger partial charge on any atom is 0.225 e. The van der Waals surface area contributed by atoms with E-state index in [1.807, 2.05) is 36.4 Å². The van der Waals surface area contributed by atoms with E-state index in [1.54, 1.807) is 14.2 Å². The summed E-state index contributed by atoms with van der Waals surface area (Å²) < 4.78 is 10.6. The van der Waals surface area contributed by atoms with Crippen LogP contribution < -0.4 is 14.8 Å². The van der Waals surface area contributed by atoms with Crippen LogP contribution in [0.25, 0.3) is 0 Å². The molecule has 2 aromatic carbocycles. The molecule has 1 fully saturated rings. The van der Waals surface area contributed by atoms with E-state index in [2.05, 4.69) is 17.4 Å². The van der Waals surface area contributed by atoms with E-state index in [4.69, 9.17) is 9.47 Å². The van der Waals surface area contributed by atoms with E-state index in [1.165, 1.54) is 12.0 Å². The second-order valence-electron chi connectivity index (χ2n) is 6.92. The third-order valence-electron chi connectivity index (χ3n) is 5.22. The molecule has 0 atom stereocenters. The molecule has 0 radical (unpaired) electrons. The zero-order valence-corrected chi connectivity index (χ0v) is 15.6. The number of hydrogen-bond donors (Lipinski definition) is 1. The van der Waals surface area contributed by atoms with Gasteiger partial charge in [-0.25, -0.2) is 0 Å². The molecule has 138 valence electrons. The quantitative estimate of drug-likeness (QED) is 0.846. The summed E-state index contributed by atoms with van der Waals surface area (Å²) in [4.78, 5) is 12.8. The summed E-state index contributed by atoms with van der Waals surface area (Å²) in [7, 11) is 3.21. The van der Waals surface area contributed by atoms with E-state index < -0.39 is 0 Å². The predicted octanol–water partition coefficient (Wildman–Crippen LogP) is 4.22. The summed E-state index contributed by atoms with van der Waals surface area (Å²) in [6, 6.07) is 16.0. The zero-order chi connectivity index (χ0) is 18.4. The van der Waals surface area contributed by atoms with Gasteiger partial charge in [-0.1, -0.05) is 55.7 Å². The molecule has 26 heavy (non-hydrogen) atoms. The Kier molecular flexibility index (Phi) is 5.82. The lowest BCUT2D eigenvalue weighted by molar-refractivity contribution is -0.123. The van der Waals surface area contributed by atoms with Gasteiger partial charge >= 0.3 is 0 Å². The van der Waals surface area contributed by atoms with Crippen molar-refractivity contribution in [3.05, 3.63) is 59.7 Å². The van der Waals surface area contributed by atoms with Crippen molar-refractivity contribution in [1.29, 1.82) is 0 Å². The fourth-order valence-corrected chi connectivity index (χ4v) is 3.89. The molecule has 1 saturated carbocycles. The topological polar surface area (TPSA) is 47.6 Å². The number of hydrogen-bond acceptors (Lipinski definition) is 3. The molecule has 0 unspecified atom stereocenters. The van der Waals surface area contributed by atoms with Crippen LogP contribution in [0.1, 0.15) is 43.2 Å². The number of benzene rings is 2. The minimum absolute atomic E-state index is 0.0444. The molecule has 1 amide bonds. The van der Waals surface area contributed by atoms with Crippen molar-refractivity contribution in [1.82, 2.24) is 5.32 Å². The van der Waals surface area contributed by atoms with E-state index >= 15 is 0 Å². The number of amides is 1. The van der Waals surface area contributed by atoms with Gasteiger partial charge in [-0.2, -0.15) is 0 Å². The van der Waals surface area contributed by atoms with Crippen molar-refractivity contribution < 1.29 is 14.3 Å².